The van der Waals surface area contributed by atoms with Crippen molar-refractivity contribution in [1.82, 2.24) is 4.98 Å². The van der Waals surface area contributed by atoms with Gasteiger partial charge in [-0.15, -0.1) is 0 Å². The van der Waals surface area contributed by atoms with Crippen molar-refractivity contribution in [2.45, 2.75) is 27.4 Å². The normalized spacial score (nSPS) is 11.3. The van der Waals surface area contributed by atoms with Gasteiger partial charge in [-0.1, -0.05) is 48.0 Å². The van der Waals surface area contributed by atoms with Crippen LogP contribution in [0.25, 0.3) is 17.0 Å². The molecule has 4 rings (SSSR count). The summed E-state index contributed by atoms with van der Waals surface area (Å²) in [4.78, 5) is 16.1. The Kier molecular flexibility index (Phi) is 6.28. The Bertz CT molecular complexity index is 1370. The van der Waals surface area contributed by atoms with Gasteiger partial charge in [-0.3, -0.25) is 4.79 Å². The van der Waals surface area contributed by atoms with E-state index in [1.807, 2.05) is 87.5 Å². The maximum Gasteiger partial charge on any atom is 0.266 e. The van der Waals surface area contributed by atoms with Crippen LogP contribution in [-0.4, -0.2) is 10.9 Å². The SMILES string of the molecule is Cc1cc(C)c(NC(=O)/C(C#N)=C/c2c[nH]c3ccc(OCc4ccccc4)cc23)c(C)c1. The Balaban J connectivity index is 1.58. The highest BCUT2D eigenvalue weighted by molar-refractivity contribution is 6.11. The van der Waals surface area contributed by atoms with Gasteiger partial charge in [0.25, 0.3) is 5.91 Å². The third-order valence-electron chi connectivity index (χ3n) is 5.51. The second-order valence-electron chi connectivity index (χ2n) is 8.12. The Morgan fingerprint density at radius 3 is 2.48 bits per heavy atom. The van der Waals surface area contributed by atoms with Crippen molar-refractivity contribution in [3.63, 3.8) is 0 Å². The molecular weight excluding hydrogens is 410 g/mol. The number of aromatic nitrogens is 1. The Hall–Kier alpha value is -4.30. The van der Waals surface area contributed by atoms with Gasteiger partial charge in [-0.05, 0) is 61.7 Å². The average Bonchev–Trinajstić information content (AvgIpc) is 3.21. The number of aromatic amines is 1. The van der Waals surface area contributed by atoms with Crippen molar-refractivity contribution in [2.24, 2.45) is 0 Å². The van der Waals surface area contributed by atoms with Crippen LogP contribution in [0.15, 0.2) is 72.4 Å². The van der Waals surface area contributed by atoms with Crippen molar-refractivity contribution in [2.75, 3.05) is 5.32 Å². The molecule has 33 heavy (non-hydrogen) atoms. The summed E-state index contributed by atoms with van der Waals surface area (Å²) in [6.07, 6.45) is 3.40. The smallest absolute Gasteiger partial charge is 0.266 e. The monoisotopic (exact) mass is 435 g/mol. The van der Waals surface area contributed by atoms with Crippen molar-refractivity contribution < 1.29 is 9.53 Å². The average molecular weight is 436 g/mol. The zero-order valence-electron chi connectivity index (χ0n) is 18.9. The summed E-state index contributed by atoms with van der Waals surface area (Å²) >= 11 is 0. The molecule has 4 aromatic rings. The quantitative estimate of drug-likeness (QED) is 0.279. The molecule has 1 aromatic heterocycles. The molecule has 5 heteroatoms. The lowest BCUT2D eigenvalue weighted by atomic mass is 10.0. The van der Waals surface area contributed by atoms with Crippen LogP contribution >= 0.6 is 0 Å². The van der Waals surface area contributed by atoms with Crippen molar-refractivity contribution in [3.8, 4) is 11.8 Å². The number of amides is 1. The number of hydrogen-bond acceptors (Lipinski definition) is 3. The molecule has 0 fully saturated rings. The molecule has 2 N–H and O–H groups in total. The van der Waals surface area contributed by atoms with E-state index < -0.39 is 5.91 Å². The highest BCUT2D eigenvalue weighted by Gasteiger charge is 2.14. The summed E-state index contributed by atoms with van der Waals surface area (Å²) < 4.78 is 5.94. The predicted octanol–water partition coefficient (Wildman–Crippen LogP) is 6.22. The molecule has 1 amide bonds. The highest BCUT2D eigenvalue weighted by atomic mass is 16.5. The van der Waals surface area contributed by atoms with Crippen LogP contribution in [0.3, 0.4) is 0 Å². The van der Waals surface area contributed by atoms with Crippen LogP contribution in [0.5, 0.6) is 5.75 Å². The second kappa shape index (κ2) is 9.46. The summed E-state index contributed by atoms with van der Waals surface area (Å²) in [6.45, 7) is 6.37. The molecule has 0 spiro atoms. The molecule has 164 valence electrons. The number of nitrogens with zero attached hydrogens (tertiary/aromatic N) is 1. The van der Waals surface area contributed by atoms with E-state index in [9.17, 15) is 10.1 Å². The lowest BCUT2D eigenvalue weighted by Crippen LogP contribution is -2.15. The minimum atomic E-state index is -0.432. The van der Waals surface area contributed by atoms with Crippen LogP contribution in [0.4, 0.5) is 5.69 Å². The largest absolute Gasteiger partial charge is 0.489 e. The van der Waals surface area contributed by atoms with Gasteiger partial charge in [0.15, 0.2) is 0 Å². The zero-order valence-corrected chi connectivity index (χ0v) is 18.9. The van der Waals surface area contributed by atoms with Gasteiger partial charge in [0.05, 0.1) is 0 Å². The number of rotatable bonds is 6. The van der Waals surface area contributed by atoms with Gasteiger partial charge in [-0.25, -0.2) is 0 Å². The van der Waals surface area contributed by atoms with Crippen LogP contribution < -0.4 is 10.1 Å². The summed E-state index contributed by atoms with van der Waals surface area (Å²) in [5.74, 6) is 0.285. The maximum absolute atomic E-state index is 12.9. The second-order valence-corrected chi connectivity index (χ2v) is 8.12. The first kappa shape index (κ1) is 21.9. The first-order valence-electron chi connectivity index (χ1n) is 10.7. The molecule has 0 atom stereocenters. The molecule has 0 radical (unpaired) electrons. The van der Waals surface area contributed by atoms with Crippen LogP contribution in [-0.2, 0) is 11.4 Å². The number of hydrogen-bond donors (Lipinski definition) is 2. The van der Waals surface area contributed by atoms with Crippen LogP contribution in [0.1, 0.15) is 27.8 Å². The number of fused-ring (bicyclic) bond motifs is 1. The topological polar surface area (TPSA) is 77.9 Å². The Morgan fingerprint density at radius 2 is 1.79 bits per heavy atom. The molecule has 1 heterocycles. The fraction of sp³-hybridized carbons (Fsp3) is 0.143. The summed E-state index contributed by atoms with van der Waals surface area (Å²) in [7, 11) is 0. The summed E-state index contributed by atoms with van der Waals surface area (Å²) in [5, 5.41) is 13.5. The van der Waals surface area contributed by atoms with E-state index in [4.69, 9.17) is 4.74 Å². The number of nitriles is 1. The zero-order chi connectivity index (χ0) is 23.4. The number of carbonyl (C=O) groups is 1. The molecule has 0 aliphatic heterocycles. The van der Waals surface area contributed by atoms with Crippen molar-refractivity contribution >= 4 is 28.6 Å². The number of H-pyrrole nitrogens is 1. The van der Waals surface area contributed by atoms with E-state index in [0.717, 1.165) is 50.2 Å². The fourth-order valence-electron chi connectivity index (χ4n) is 3.93. The van der Waals surface area contributed by atoms with E-state index in [2.05, 4.69) is 10.3 Å². The number of carbonyl (C=O) groups excluding carboxylic acids is 1. The molecule has 0 aliphatic carbocycles. The Morgan fingerprint density at radius 1 is 1.06 bits per heavy atom. The third-order valence-corrected chi connectivity index (χ3v) is 5.51. The van der Waals surface area contributed by atoms with E-state index in [1.54, 1.807) is 12.3 Å². The fourth-order valence-corrected chi connectivity index (χ4v) is 3.93. The minimum Gasteiger partial charge on any atom is -0.489 e. The number of benzene rings is 3. The Labute approximate surface area is 193 Å². The first-order valence-corrected chi connectivity index (χ1v) is 10.7. The van der Waals surface area contributed by atoms with Gasteiger partial charge in [0.1, 0.15) is 24.0 Å². The number of anilines is 1. The molecule has 0 unspecified atom stereocenters. The number of nitrogens with one attached hydrogen (secondary N) is 2. The molecule has 3 aromatic carbocycles. The summed E-state index contributed by atoms with van der Waals surface area (Å²) in [5.41, 5.74) is 6.56. The maximum atomic E-state index is 12.9. The molecule has 0 saturated carbocycles. The molecule has 0 saturated heterocycles. The molecular formula is C28H25N3O2. The van der Waals surface area contributed by atoms with Crippen molar-refractivity contribution in [1.29, 1.82) is 5.26 Å². The van der Waals surface area contributed by atoms with Crippen molar-refractivity contribution in [3.05, 3.63) is 100 Å². The van der Waals surface area contributed by atoms with E-state index in [1.165, 1.54) is 0 Å². The van der Waals surface area contributed by atoms with Gasteiger partial charge < -0.3 is 15.0 Å². The van der Waals surface area contributed by atoms with E-state index in [-0.39, 0.29) is 5.57 Å². The predicted molar refractivity (Wildman–Crippen MR) is 132 cm³/mol. The van der Waals surface area contributed by atoms with Gasteiger partial charge in [0, 0.05) is 28.4 Å². The molecule has 5 nitrogen and oxygen atoms in total. The van der Waals surface area contributed by atoms with Crippen LogP contribution in [0, 0.1) is 32.1 Å². The molecule has 0 aliphatic rings. The van der Waals surface area contributed by atoms with Gasteiger partial charge >= 0.3 is 0 Å². The number of aryl methyl sites for hydroxylation is 3. The highest BCUT2D eigenvalue weighted by Crippen LogP contribution is 2.27. The first-order chi connectivity index (χ1) is 15.9. The van der Waals surface area contributed by atoms with Gasteiger partial charge in [0.2, 0.25) is 0 Å². The van der Waals surface area contributed by atoms with E-state index in [0.29, 0.717) is 6.61 Å². The standard InChI is InChI=1S/C28H25N3O2/c1-18-11-19(2)27(20(3)12-18)31-28(32)22(15-29)13-23-16-30-26-10-9-24(14-25(23)26)33-17-21-7-5-4-6-8-21/h4-14,16,30H,17H2,1-3H3,(H,31,32)/b22-13+. The van der Waals surface area contributed by atoms with Gasteiger partial charge in [-0.2, -0.15) is 5.26 Å². The lowest BCUT2D eigenvalue weighted by Gasteiger charge is -2.12. The number of ether oxygens (including phenoxy) is 1. The third kappa shape index (κ3) is 4.97. The van der Waals surface area contributed by atoms with Crippen LogP contribution in [0.2, 0.25) is 0 Å². The van der Waals surface area contributed by atoms with E-state index >= 15 is 0 Å². The summed E-state index contributed by atoms with van der Waals surface area (Å²) in [6, 6.07) is 21.8. The molecule has 0 bridgehead atoms. The minimum absolute atomic E-state index is 0.0332. The lowest BCUT2D eigenvalue weighted by molar-refractivity contribution is -0.112.